The summed E-state index contributed by atoms with van der Waals surface area (Å²) >= 11 is 0. The number of furan rings is 2. The summed E-state index contributed by atoms with van der Waals surface area (Å²) in [5.41, 5.74) is 12.0. The van der Waals surface area contributed by atoms with Crippen molar-refractivity contribution in [1.29, 1.82) is 10.5 Å². The number of para-hydroxylation sites is 4. The van der Waals surface area contributed by atoms with Crippen LogP contribution in [-0.2, 0) is 0 Å². The normalized spacial score (nSPS) is 15.2. The van der Waals surface area contributed by atoms with E-state index in [4.69, 9.17) is 8.83 Å². The summed E-state index contributed by atoms with van der Waals surface area (Å²) in [5, 5.41) is 28.9. The highest BCUT2D eigenvalue weighted by Crippen LogP contribution is 2.44. The number of hydrogen-bond acceptors (Lipinski definition) is 4. The van der Waals surface area contributed by atoms with Crippen LogP contribution in [0, 0.1) is 40.4 Å². The molecule has 1 atom stereocenters. The molecule has 0 saturated carbocycles. The molecule has 0 radical (unpaired) electrons. The Balaban J connectivity index is 1.13. The van der Waals surface area contributed by atoms with Crippen LogP contribution in [0.15, 0.2) is 142 Å². The van der Waals surface area contributed by atoms with Gasteiger partial charge in [0, 0.05) is 73.1 Å². The molecule has 0 fully saturated rings. The maximum absolute atomic E-state index is 10.8. The Hall–Kier alpha value is -7.98. The van der Waals surface area contributed by atoms with E-state index in [-0.39, 0.29) is 0 Å². The molecule has 4 heterocycles. The zero-order valence-electron chi connectivity index (χ0n) is 30.4. The third-order valence-corrected chi connectivity index (χ3v) is 11.7. The van der Waals surface area contributed by atoms with E-state index < -0.39 is 5.92 Å². The Kier molecular flexibility index (Phi) is 6.47. The highest BCUT2D eigenvalue weighted by atomic mass is 16.3. The molecular formula is C51H28N4O2. The largest absolute Gasteiger partial charge is 0.456 e. The summed E-state index contributed by atoms with van der Waals surface area (Å²) in [7, 11) is 0. The van der Waals surface area contributed by atoms with Crippen molar-refractivity contribution in [1.82, 2.24) is 9.13 Å². The fourth-order valence-electron chi connectivity index (χ4n) is 9.22. The van der Waals surface area contributed by atoms with Crippen molar-refractivity contribution in [2.75, 3.05) is 0 Å². The van der Waals surface area contributed by atoms with Crippen LogP contribution in [0.2, 0.25) is 0 Å². The van der Waals surface area contributed by atoms with Crippen molar-refractivity contribution in [3.8, 4) is 29.7 Å². The van der Waals surface area contributed by atoms with Gasteiger partial charge >= 0.3 is 0 Å². The fourth-order valence-corrected chi connectivity index (χ4v) is 9.22. The number of benzene rings is 6. The van der Waals surface area contributed by atoms with Crippen LogP contribution < -0.4 is 0 Å². The number of fused-ring (bicyclic) bond motifs is 12. The van der Waals surface area contributed by atoms with Crippen molar-refractivity contribution in [2.45, 2.75) is 12.8 Å². The van der Waals surface area contributed by atoms with E-state index in [1.807, 2.05) is 48.5 Å². The maximum atomic E-state index is 10.8. The summed E-state index contributed by atoms with van der Waals surface area (Å²) in [6, 6.07) is 44.3. The number of nitriles is 2. The van der Waals surface area contributed by atoms with Gasteiger partial charge in [-0.15, -0.1) is 0 Å². The second-order valence-electron chi connectivity index (χ2n) is 14.8. The van der Waals surface area contributed by atoms with Gasteiger partial charge in [-0.25, -0.2) is 0 Å². The van der Waals surface area contributed by atoms with Gasteiger partial charge in [0.1, 0.15) is 34.1 Å². The minimum Gasteiger partial charge on any atom is -0.456 e. The van der Waals surface area contributed by atoms with Crippen LogP contribution in [0.4, 0.5) is 0 Å². The van der Waals surface area contributed by atoms with Crippen LogP contribution in [0.3, 0.4) is 0 Å². The maximum Gasteiger partial charge on any atom is 0.137 e. The van der Waals surface area contributed by atoms with E-state index in [1.165, 1.54) is 0 Å². The van der Waals surface area contributed by atoms with Gasteiger partial charge in [-0.2, -0.15) is 10.5 Å². The van der Waals surface area contributed by atoms with Gasteiger partial charge in [0.05, 0.1) is 39.8 Å². The minimum atomic E-state index is -0.416. The Morgan fingerprint density at radius 2 is 1.32 bits per heavy atom. The topological polar surface area (TPSA) is 83.7 Å². The molecule has 10 aromatic rings. The first-order valence-corrected chi connectivity index (χ1v) is 19.0. The van der Waals surface area contributed by atoms with Gasteiger partial charge < -0.3 is 13.4 Å². The third-order valence-electron chi connectivity index (χ3n) is 11.7. The minimum absolute atomic E-state index is 0.416. The van der Waals surface area contributed by atoms with E-state index in [0.717, 1.165) is 110 Å². The highest BCUT2D eigenvalue weighted by molar-refractivity contribution is 6.18. The molecule has 6 aromatic carbocycles. The lowest BCUT2D eigenvalue weighted by Gasteiger charge is -2.23. The van der Waals surface area contributed by atoms with Crippen LogP contribution in [0.1, 0.15) is 35.2 Å². The molecule has 0 spiro atoms. The fraction of sp³-hybridized carbons (Fsp3) is 0.0588. The molecule has 0 bridgehead atoms. The first-order valence-electron chi connectivity index (χ1n) is 19.0. The van der Waals surface area contributed by atoms with Crippen molar-refractivity contribution < 1.29 is 8.83 Å². The summed E-state index contributed by atoms with van der Waals surface area (Å²) in [6.45, 7) is 0. The lowest BCUT2D eigenvalue weighted by Crippen LogP contribution is -2.10. The standard InChI is InChI=1S/C51H28N4O2/c52-28-30-21-32(23-33(22-30)54-43-18-7-4-13-35(43)39-24-41-37-14-5-8-19-47(37)56-49(41)26-45(39)54)34-16-10-11-31(29-53)51(34)55-44-17-3-1-2-12-36(44)40-25-42-38-15-6-9-20-48(38)57-50(42)27-46(40)55/h2,4-16,18-20,22-27,30H,1,21H2. The van der Waals surface area contributed by atoms with Gasteiger partial charge in [0.25, 0.3) is 0 Å². The second-order valence-corrected chi connectivity index (χ2v) is 14.8. The van der Waals surface area contributed by atoms with Crippen molar-refractivity contribution in [2.24, 2.45) is 5.92 Å². The van der Waals surface area contributed by atoms with Crippen LogP contribution in [0.5, 0.6) is 0 Å². The lowest BCUT2D eigenvalue weighted by molar-refractivity contribution is 0.669. The summed E-state index contributed by atoms with van der Waals surface area (Å²) in [5.74, 6) is 6.39. The van der Waals surface area contributed by atoms with Gasteiger partial charge in [-0.1, -0.05) is 84.8 Å². The van der Waals surface area contributed by atoms with E-state index in [2.05, 4.69) is 124 Å². The Morgan fingerprint density at radius 3 is 2.05 bits per heavy atom. The molecule has 0 N–H and O–H groups in total. The number of allylic oxidation sites excluding steroid dienone is 5. The first-order chi connectivity index (χ1) is 28.2. The number of aromatic nitrogens is 2. The monoisotopic (exact) mass is 728 g/mol. The molecule has 0 aliphatic heterocycles. The number of nitrogens with zero attached hydrogens (tertiary/aromatic N) is 4. The first kappa shape index (κ1) is 31.4. The molecule has 0 amide bonds. The lowest BCUT2D eigenvalue weighted by atomic mass is 9.87. The summed E-state index contributed by atoms with van der Waals surface area (Å²) in [6.07, 6.45) is 9.60. The van der Waals surface area contributed by atoms with Gasteiger partial charge in [-0.05, 0) is 66.5 Å². The molecule has 4 aromatic heterocycles. The summed E-state index contributed by atoms with van der Waals surface area (Å²) < 4.78 is 17.2. The molecule has 1 unspecified atom stereocenters. The Labute approximate surface area is 325 Å². The smallest absolute Gasteiger partial charge is 0.137 e. The molecule has 6 nitrogen and oxygen atoms in total. The zero-order valence-corrected chi connectivity index (χ0v) is 30.4. The molecule has 6 heteroatoms. The predicted molar refractivity (Wildman–Crippen MR) is 228 cm³/mol. The summed E-state index contributed by atoms with van der Waals surface area (Å²) in [4.78, 5) is 0. The average Bonchev–Trinajstić information content (AvgIpc) is 3.93. The zero-order chi connectivity index (χ0) is 37.8. The van der Waals surface area contributed by atoms with Crippen LogP contribution >= 0.6 is 0 Å². The molecule has 2 aliphatic rings. The molecule has 0 saturated heterocycles. The van der Waals surface area contributed by atoms with Gasteiger partial charge in [0.15, 0.2) is 0 Å². The average molecular weight is 729 g/mol. The van der Waals surface area contributed by atoms with Gasteiger partial charge in [0.2, 0.25) is 0 Å². The molecule has 2 aliphatic carbocycles. The Morgan fingerprint density at radius 1 is 0.632 bits per heavy atom. The molecular weight excluding hydrogens is 701 g/mol. The second kappa shape index (κ2) is 11.8. The van der Waals surface area contributed by atoms with E-state index >= 15 is 0 Å². The van der Waals surface area contributed by atoms with Gasteiger partial charge in [-0.3, -0.25) is 4.57 Å². The van der Waals surface area contributed by atoms with Crippen LogP contribution in [0.25, 0.3) is 99.6 Å². The molecule has 57 heavy (non-hydrogen) atoms. The van der Waals surface area contributed by atoms with Crippen molar-refractivity contribution >= 4 is 93.9 Å². The van der Waals surface area contributed by atoms with E-state index in [1.54, 1.807) is 0 Å². The van der Waals surface area contributed by atoms with E-state index in [0.29, 0.717) is 18.4 Å². The highest BCUT2D eigenvalue weighted by Gasteiger charge is 2.27. The van der Waals surface area contributed by atoms with Crippen molar-refractivity contribution in [3.05, 3.63) is 156 Å². The molecule has 12 rings (SSSR count). The number of rotatable bonds is 3. The predicted octanol–water partition coefficient (Wildman–Crippen LogP) is 12.6. The quantitative estimate of drug-likeness (QED) is 0.170. The Bertz CT molecular complexity index is 3680. The van der Waals surface area contributed by atoms with Crippen molar-refractivity contribution in [3.63, 3.8) is 0 Å². The SMILES string of the molecule is N#Cc1cccc(C2=CC(n3c4ccccc4c4cc5c(cc43)oc3ccccc35)=CC(C#N)C2)c1-n1c2c(c3cc4c(cc31)oc1ccccc14)C=CCC#C2. The van der Waals surface area contributed by atoms with E-state index in [9.17, 15) is 10.5 Å². The number of hydrogen-bond donors (Lipinski definition) is 0. The molecule has 264 valence electrons. The third kappa shape index (κ3) is 4.46. The van der Waals surface area contributed by atoms with Crippen LogP contribution in [-0.4, -0.2) is 9.13 Å².